The lowest BCUT2D eigenvalue weighted by molar-refractivity contribution is 0.0391. The summed E-state index contributed by atoms with van der Waals surface area (Å²) in [7, 11) is -1.05. The number of rotatable bonds is 7. The average Bonchev–Trinajstić information content (AvgIpc) is 2.84. The summed E-state index contributed by atoms with van der Waals surface area (Å²) in [4.78, 5) is 11.3. The minimum atomic E-state index is -1.05. The van der Waals surface area contributed by atoms with Crippen LogP contribution in [0.3, 0.4) is 0 Å². The summed E-state index contributed by atoms with van der Waals surface area (Å²) >= 11 is 6.20. The Balaban J connectivity index is 1.54. The smallest absolute Gasteiger partial charge is 0.199 e. The molecule has 1 saturated carbocycles. The van der Waals surface area contributed by atoms with Gasteiger partial charge in [0.25, 0.3) is 0 Å². The van der Waals surface area contributed by atoms with Crippen molar-refractivity contribution in [3.63, 3.8) is 0 Å². The highest BCUT2D eigenvalue weighted by molar-refractivity contribution is 6.76. The number of hydrogen-bond donors (Lipinski definition) is 1. The fourth-order valence-electron chi connectivity index (χ4n) is 3.05. The van der Waals surface area contributed by atoms with Gasteiger partial charge in [-0.3, -0.25) is 4.99 Å². The van der Waals surface area contributed by atoms with E-state index in [1.165, 1.54) is 25.3 Å². The van der Waals surface area contributed by atoms with Gasteiger partial charge in [-0.15, -0.1) is 0 Å². The van der Waals surface area contributed by atoms with Crippen LogP contribution in [-0.4, -0.2) is 50.2 Å². The van der Waals surface area contributed by atoms with Gasteiger partial charge in [0.2, 0.25) is 0 Å². The summed E-state index contributed by atoms with van der Waals surface area (Å²) in [5.74, 6) is 1.76. The summed E-state index contributed by atoms with van der Waals surface area (Å²) in [6, 6.07) is 1.18. The van der Waals surface area contributed by atoms with Crippen molar-refractivity contribution in [3.05, 3.63) is 12.3 Å². The van der Waals surface area contributed by atoms with Crippen molar-refractivity contribution in [3.8, 4) is 0 Å². The molecule has 0 bridgehead atoms. The molecule has 2 heterocycles. The lowest BCUT2D eigenvalue weighted by Crippen LogP contribution is -2.51. The first-order valence-electron chi connectivity index (χ1n) is 8.99. The molecular weight excluding hydrogens is 340 g/mol. The van der Waals surface area contributed by atoms with Gasteiger partial charge < -0.3 is 15.0 Å². The van der Waals surface area contributed by atoms with Gasteiger partial charge in [0.05, 0.1) is 5.92 Å². The summed E-state index contributed by atoms with van der Waals surface area (Å²) in [6.07, 6.45) is 8.26. The van der Waals surface area contributed by atoms with Crippen LogP contribution in [0.25, 0.3) is 0 Å². The molecule has 1 fully saturated rings. The van der Waals surface area contributed by atoms with Crippen LogP contribution in [0.15, 0.2) is 22.3 Å². The first-order valence-corrected chi connectivity index (χ1v) is 13.1. The first kappa shape index (κ1) is 18.0. The van der Waals surface area contributed by atoms with Gasteiger partial charge in [0.1, 0.15) is 18.7 Å². The standard InChI is InChI=1S/C17H29ClN4OSi/c1-24(2,3)10-9-23-12-22-8-7-14-15(19-11-13-5-4-6-13)20-17(18)21-16(14)22/h7-8,13-14,16H,4-6,9-12H2,1-3H3,(H,19,20,21). The van der Waals surface area contributed by atoms with Crippen molar-refractivity contribution in [2.45, 2.75) is 51.1 Å². The van der Waals surface area contributed by atoms with Crippen LogP contribution in [0.2, 0.25) is 25.7 Å². The molecule has 7 heteroatoms. The molecule has 0 amide bonds. The molecular formula is C17H29ClN4OSi. The number of hydrogen-bond acceptors (Lipinski definition) is 4. The van der Waals surface area contributed by atoms with E-state index in [2.05, 4.69) is 47.1 Å². The maximum absolute atomic E-state index is 6.20. The Morgan fingerprint density at radius 1 is 1.42 bits per heavy atom. The molecule has 3 aliphatic rings. The van der Waals surface area contributed by atoms with Crippen molar-refractivity contribution in [2.24, 2.45) is 21.8 Å². The summed E-state index contributed by atoms with van der Waals surface area (Å²) < 4.78 is 5.88. The molecule has 0 saturated heterocycles. The number of amidine groups is 2. The molecule has 1 aliphatic carbocycles. The summed E-state index contributed by atoms with van der Waals surface area (Å²) in [5.41, 5.74) is 0. The van der Waals surface area contributed by atoms with Crippen molar-refractivity contribution >= 4 is 30.8 Å². The minimum Gasteiger partial charge on any atom is -0.361 e. The van der Waals surface area contributed by atoms with E-state index in [-0.39, 0.29) is 12.1 Å². The highest BCUT2D eigenvalue weighted by Crippen LogP contribution is 2.29. The van der Waals surface area contributed by atoms with E-state index in [0.29, 0.717) is 12.0 Å². The second-order valence-electron chi connectivity index (χ2n) is 8.22. The van der Waals surface area contributed by atoms with E-state index < -0.39 is 8.07 Å². The zero-order valence-electron chi connectivity index (χ0n) is 15.0. The van der Waals surface area contributed by atoms with E-state index in [9.17, 15) is 0 Å². The van der Waals surface area contributed by atoms with Crippen molar-refractivity contribution in [1.82, 2.24) is 10.2 Å². The Bertz CT molecular complexity index is 539. The normalized spacial score (nSPS) is 28.6. The van der Waals surface area contributed by atoms with Gasteiger partial charge in [-0.2, -0.15) is 0 Å². The number of fused-ring (bicyclic) bond motifs is 1. The molecule has 2 atom stereocenters. The fraction of sp³-hybridized carbons (Fsp3) is 0.765. The largest absolute Gasteiger partial charge is 0.361 e. The average molecular weight is 369 g/mol. The van der Waals surface area contributed by atoms with Crippen LogP contribution < -0.4 is 5.32 Å². The van der Waals surface area contributed by atoms with Crippen LogP contribution in [0, 0.1) is 11.8 Å². The van der Waals surface area contributed by atoms with Crippen LogP contribution in [0.5, 0.6) is 0 Å². The highest BCUT2D eigenvalue weighted by Gasteiger charge is 2.36. The molecule has 0 aromatic heterocycles. The van der Waals surface area contributed by atoms with Crippen molar-refractivity contribution in [1.29, 1.82) is 0 Å². The van der Waals surface area contributed by atoms with Gasteiger partial charge in [-0.25, -0.2) is 4.99 Å². The number of nitrogens with zero attached hydrogens (tertiary/aromatic N) is 3. The fourth-order valence-corrected chi connectivity index (χ4v) is 4.00. The van der Waals surface area contributed by atoms with Gasteiger partial charge in [0, 0.05) is 27.4 Å². The predicted molar refractivity (Wildman–Crippen MR) is 103 cm³/mol. The minimum absolute atomic E-state index is 0.0713. The second-order valence-corrected chi connectivity index (χ2v) is 14.2. The van der Waals surface area contributed by atoms with Crippen LogP contribution >= 0.6 is 11.6 Å². The Labute approximate surface area is 151 Å². The van der Waals surface area contributed by atoms with E-state index in [0.717, 1.165) is 24.9 Å². The molecule has 134 valence electrons. The molecule has 0 radical (unpaired) electrons. The molecule has 2 unspecified atom stereocenters. The van der Waals surface area contributed by atoms with Crippen LogP contribution in [0.4, 0.5) is 0 Å². The number of halogens is 1. The molecule has 0 aromatic rings. The zero-order chi connectivity index (χ0) is 17.2. The Hall–Kier alpha value is -0.853. The highest BCUT2D eigenvalue weighted by atomic mass is 35.5. The van der Waals surface area contributed by atoms with Gasteiger partial charge in [-0.1, -0.05) is 32.1 Å². The Kier molecular flexibility index (Phi) is 5.67. The zero-order valence-corrected chi connectivity index (χ0v) is 16.7. The lowest BCUT2D eigenvalue weighted by Gasteiger charge is -2.33. The van der Waals surface area contributed by atoms with Crippen molar-refractivity contribution < 1.29 is 4.74 Å². The molecule has 24 heavy (non-hydrogen) atoms. The Morgan fingerprint density at radius 2 is 2.21 bits per heavy atom. The summed E-state index contributed by atoms with van der Waals surface area (Å²) in [6.45, 7) is 9.38. The van der Waals surface area contributed by atoms with E-state index in [1.807, 2.05) is 0 Å². The molecule has 0 aromatic carbocycles. The van der Waals surface area contributed by atoms with Gasteiger partial charge >= 0.3 is 0 Å². The lowest BCUT2D eigenvalue weighted by atomic mass is 9.85. The maximum Gasteiger partial charge on any atom is 0.199 e. The van der Waals surface area contributed by atoms with E-state index >= 15 is 0 Å². The molecule has 1 N–H and O–H groups in total. The SMILES string of the molecule is C[Si](C)(C)CCOCN1C=CC2C(=NCC3CCC3)N=C(Cl)NC21. The third-order valence-corrected chi connectivity index (χ3v) is 6.83. The monoisotopic (exact) mass is 368 g/mol. The van der Waals surface area contributed by atoms with Crippen LogP contribution in [-0.2, 0) is 4.74 Å². The van der Waals surface area contributed by atoms with Crippen molar-refractivity contribution in [2.75, 3.05) is 19.9 Å². The molecule has 5 nitrogen and oxygen atoms in total. The number of nitrogens with one attached hydrogen (secondary N) is 1. The van der Waals surface area contributed by atoms with E-state index in [1.54, 1.807) is 0 Å². The Morgan fingerprint density at radius 3 is 2.88 bits per heavy atom. The molecule has 3 rings (SSSR count). The topological polar surface area (TPSA) is 49.2 Å². The third-order valence-electron chi connectivity index (χ3n) is 4.93. The molecule has 0 spiro atoms. The predicted octanol–water partition coefficient (Wildman–Crippen LogP) is 3.47. The summed E-state index contributed by atoms with van der Waals surface area (Å²) in [5, 5.41) is 3.69. The third kappa shape index (κ3) is 4.61. The maximum atomic E-state index is 6.20. The first-order chi connectivity index (χ1) is 11.4. The molecule has 2 aliphatic heterocycles. The second kappa shape index (κ2) is 7.58. The van der Waals surface area contributed by atoms with Gasteiger partial charge in [-0.05, 0) is 36.4 Å². The number of ether oxygens (including phenoxy) is 1. The quantitative estimate of drug-likeness (QED) is 0.425. The van der Waals surface area contributed by atoms with Crippen LogP contribution in [0.1, 0.15) is 19.3 Å². The van der Waals surface area contributed by atoms with E-state index in [4.69, 9.17) is 21.3 Å². The van der Waals surface area contributed by atoms with Gasteiger partial charge in [0.15, 0.2) is 5.29 Å². The number of aliphatic imine (C=N–C) groups is 2.